The molecule has 0 radical (unpaired) electrons. The number of oxime groups is 1. The number of nitrogens with zero attached hydrogens (tertiary/aromatic N) is 1. The van der Waals surface area contributed by atoms with Crippen molar-refractivity contribution in [3.63, 3.8) is 0 Å². The van der Waals surface area contributed by atoms with Gasteiger partial charge in [-0.3, -0.25) is 0 Å². The van der Waals surface area contributed by atoms with Crippen LogP contribution in [0.4, 0.5) is 0 Å². The summed E-state index contributed by atoms with van der Waals surface area (Å²) in [4.78, 5) is 5.54. The van der Waals surface area contributed by atoms with E-state index in [4.69, 9.17) is 4.84 Å². The highest BCUT2D eigenvalue weighted by Crippen LogP contribution is 2.14. The zero-order chi connectivity index (χ0) is 14.9. The van der Waals surface area contributed by atoms with Gasteiger partial charge in [-0.15, -0.1) is 11.8 Å². The van der Waals surface area contributed by atoms with Gasteiger partial charge in [0, 0.05) is 12.3 Å². The van der Waals surface area contributed by atoms with Crippen LogP contribution in [0.1, 0.15) is 25.8 Å². The molecular formula is C19H19NO. The number of hydrogen-bond acceptors (Lipinski definition) is 2. The molecule has 0 saturated carbocycles. The van der Waals surface area contributed by atoms with Crippen molar-refractivity contribution in [3.8, 4) is 17.6 Å². The summed E-state index contributed by atoms with van der Waals surface area (Å²) in [5, 5.41) is 4.34. The van der Waals surface area contributed by atoms with Gasteiger partial charge in [-0.05, 0) is 24.6 Å². The standard InChI is InChI=1S/C19H19NO/c1-3-10-16(2)15-19(17-11-6-4-7-12-17)20-21-18-13-8-5-9-14-18/h4-9,11-14,16H,15H2,1-2H3/b20-19-. The predicted octanol–water partition coefficient (Wildman–Crippen LogP) is 4.52. The summed E-state index contributed by atoms with van der Waals surface area (Å²) in [6, 6.07) is 19.7. The van der Waals surface area contributed by atoms with Crippen LogP contribution in [0.5, 0.6) is 5.75 Å². The first-order chi connectivity index (χ1) is 10.3. The lowest BCUT2D eigenvalue weighted by molar-refractivity contribution is 0.339. The van der Waals surface area contributed by atoms with Crippen LogP contribution in [0.2, 0.25) is 0 Å². The van der Waals surface area contributed by atoms with E-state index in [1.165, 1.54) is 0 Å². The van der Waals surface area contributed by atoms with Crippen LogP contribution in [-0.4, -0.2) is 5.71 Å². The Labute approximate surface area is 126 Å². The van der Waals surface area contributed by atoms with Gasteiger partial charge in [0.15, 0.2) is 5.75 Å². The lowest BCUT2D eigenvalue weighted by Crippen LogP contribution is -2.08. The largest absolute Gasteiger partial charge is 0.357 e. The lowest BCUT2D eigenvalue weighted by Gasteiger charge is -2.09. The molecular weight excluding hydrogens is 258 g/mol. The predicted molar refractivity (Wildman–Crippen MR) is 87.3 cm³/mol. The molecule has 0 amide bonds. The molecule has 0 bridgehead atoms. The van der Waals surface area contributed by atoms with Crippen molar-refractivity contribution in [1.82, 2.24) is 0 Å². The molecule has 0 saturated heterocycles. The van der Waals surface area contributed by atoms with Gasteiger partial charge in [0.2, 0.25) is 0 Å². The second-order valence-electron chi connectivity index (χ2n) is 4.81. The van der Waals surface area contributed by atoms with E-state index in [1.807, 2.05) is 67.6 Å². The Bertz CT molecular complexity index is 636. The SMILES string of the molecule is CC#CC(C)C/C(=N/Oc1ccccc1)c1ccccc1. The number of rotatable bonds is 5. The van der Waals surface area contributed by atoms with E-state index in [9.17, 15) is 0 Å². The lowest BCUT2D eigenvalue weighted by atomic mass is 9.99. The zero-order valence-electron chi connectivity index (χ0n) is 12.4. The highest BCUT2D eigenvalue weighted by molar-refractivity contribution is 6.00. The third-order valence-electron chi connectivity index (χ3n) is 3.00. The second kappa shape index (κ2) is 7.91. The van der Waals surface area contributed by atoms with Crippen molar-refractivity contribution in [2.24, 2.45) is 11.1 Å². The van der Waals surface area contributed by atoms with E-state index < -0.39 is 0 Å². The average Bonchev–Trinajstić information content (AvgIpc) is 2.53. The van der Waals surface area contributed by atoms with Crippen molar-refractivity contribution in [3.05, 3.63) is 66.2 Å². The minimum absolute atomic E-state index is 0.244. The average molecular weight is 277 g/mol. The van der Waals surface area contributed by atoms with E-state index in [1.54, 1.807) is 0 Å². The minimum Gasteiger partial charge on any atom is -0.357 e. The Balaban J connectivity index is 2.20. The van der Waals surface area contributed by atoms with Gasteiger partial charge < -0.3 is 4.84 Å². The fraction of sp³-hybridized carbons (Fsp3) is 0.211. The number of hydrogen-bond donors (Lipinski definition) is 0. The summed E-state index contributed by atoms with van der Waals surface area (Å²) in [5.74, 6) is 7.09. The number of para-hydroxylation sites is 1. The van der Waals surface area contributed by atoms with Crippen molar-refractivity contribution in [1.29, 1.82) is 0 Å². The van der Waals surface area contributed by atoms with E-state index in [0.717, 1.165) is 23.4 Å². The van der Waals surface area contributed by atoms with E-state index in [-0.39, 0.29) is 5.92 Å². The monoisotopic (exact) mass is 277 g/mol. The van der Waals surface area contributed by atoms with Gasteiger partial charge in [0.25, 0.3) is 0 Å². The molecule has 0 spiro atoms. The topological polar surface area (TPSA) is 21.6 Å². The van der Waals surface area contributed by atoms with Crippen LogP contribution in [-0.2, 0) is 0 Å². The maximum Gasteiger partial charge on any atom is 0.157 e. The summed E-state index contributed by atoms with van der Waals surface area (Å²) >= 11 is 0. The Hall–Kier alpha value is -2.53. The molecule has 0 aromatic heterocycles. The molecule has 0 aliphatic heterocycles. The van der Waals surface area contributed by atoms with Crippen LogP contribution in [0, 0.1) is 17.8 Å². The van der Waals surface area contributed by atoms with Gasteiger partial charge in [-0.2, -0.15) is 0 Å². The van der Waals surface area contributed by atoms with E-state index >= 15 is 0 Å². The molecule has 0 fully saturated rings. The Morgan fingerprint density at radius 1 is 1.05 bits per heavy atom. The first-order valence-corrected chi connectivity index (χ1v) is 7.06. The molecule has 0 aliphatic rings. The molecule has 2 aromatic carbocycles. The van der Waals surface area contributed by atoms with Crippen molar-refractivity contribution >= 4 is 5.71 Å². The third-order valence-corrected chi connectivity index (χ3v) is 3.00. The fourth-order valence-electron chi connectivity index (χ4n) is 2.01. The first kappa shape index (κ1) is 14.9. The van der Waals surface area contributed by atoms with Crippen LogP contribution in [0.3, 0.4) is 0 Å². The molecule has 2 rings (SSSR count). The summed E-state index contributed by atoms with van der Waals surface area (Å²) in [6.45, 7) is 3.95. The molecule has 1 unspecified atom stereocenters. The summed E-state index contributed by atoms with van der Waals surface area (Å²) in [7, 11) is 0. The normalized spacial score (nSPS) is 12.2. The Kier molecular flexibility index (Phi) is 5.60. The highest BCUT2D eigenvalue weighted by atomic mass is 16.6. The molecule has 106 valence electrons. The van der Waals surface area contributed by atoms with Gasteiger partial charge >= 0.3 is 0 Å². The van der Waals surface area contributed by atoms with Gasteiger partial charge in [-0.1, -0.05) is 60.6 Å². The van der Waals surface area contributed by atoms with Crippen molar-refractivity contribution in [2.75, 3.05) is 0 Å². The minimum atomic E-state index is 0.244. The van der Waals surface area contributed by atoms with Gasteiger partial charge in [0.05, 0.1) is 5.71 Å². The maximum atomic E-state index is 5.54. The summed E-state index contributed by atoms with van der Waals surface area (Å²) < 4.78 is 0. The number of benzene rings is 2. The van der Waals surface area contributed by atoms with E-state index in [2.05, 4.69) is 23.9 Å². The van der Waals surface area contributed by atoms with Gasteiger partial charge in [0.1, 0.15) is 0 Å². The maximum absolute atomic E-state index is 5.54. The van der Waals surface area contributed by atoms with Crippen molar-refractivity contribution < 1.29 is 4.84 Å². The zero-order valence-corrected chi connectivity index (χ0v) is 12.4. The van der Waals surface area contributed by atoms with Crippen molar-refractivity contribution in [2.45, 2.75) is 20.3 Å². The molecule has 0 aliphatic carbocycles. The Morgan fingerprint density at radius 3 is 2.29 bits per heavy atom. The second-order valence-corrected chi connectivity index (χ2v) is 4.81. The van der Waals surface area contributed by atoms with Crippen LogP contribution in [0.15, 0.2) is 65.8 Å². The highest BCUT2D eigenvalue weighted by Gasteiger charge is 2.09. The smallest absolute Gasteiger partial charge is 0.157 e. The van der Waals surface area contributed by atoms with E-state index in [0.29, 0.717) is 0 Å². The molecule has 1 atom stereocenters. The van der Waals surface area contributed by atoms with Crippen LogP contribution < -0.4 is 4.84 Å². The van der Waals surface area contributed by atoms with Crippen LogP contribution in [0.25, 0.3) is 0 Å². The molecule has 21 heavy (non-hydrogen) atoms. The molecule has 2 heteroatoms. The molecule has 0 N–H and O–H groups in total. The molecule has 0 heterocycles. The third kappa shape index (κ3) is 4.81. The molecule has 2 nitrogen and oxygen atoms in total. The fourth-order valence-corrected chi connectivity index (χ4v) is 2.01. The van der Waals surface area contributed by atoms with Crippen LogP contribution >= 0.6 is 0 Å². The summed E-state index contributed by atoms with van der Waals surface area (Å²) in [6.07, 6.45) is 0.762. The quantitative estimate of drug-likeness (QED) is 0.447. The van der Waals surface area contributed by atoms with Gasteiger partial charge in [-0.25, -0.2) is 0 Å². The first-order valence-electron chi connectivity index (χ1n) is 7.06. The Morgan fingerprint density at radius 2 is 1.67 bits per heavy atom. The summed E-state index contributed by atoms with van der Waals surface area (Å²) in [5.41, 5.74) is 1.98. The molecule has 2 aromatic rings.